The summed E-state index contributed by atoms with van der Waals surface area (Å²) < 4.78 is 0. The molecule has 0 aromatic heterocycles. The number of carbonyl (C=O) groups is 1. The Hall–Kier alpha value is -0.810. The Bertz CT molecular complexity index is 529. The number of piperidine rings is 1. The molecule has 2 aliphatic heterocycles. The maximum absolute atomic E-state index is 12.6. The van der Waals surface area contributed by atoms with E-state index in [1.54, 1.807) is 0 Å². The van der Waals surface area contributed by atoms with Crippen LogP contribution in [0, 0.1) is 11.8 Å². The van der Waals surface area contributed by atoms with Crippen molar-refractivity contribution in [1.29, 1.82) is 0 Å². The van der Waals surface area contributed by atoms with E-state index in [9.17, 15) is 4.79 Å². The average Bonchev–Trinajstić information content (AvgIpc) is 2.68. The summed E-state index contributed by atoms with van der Waals surface area (Å²) in [5, 5.41) is 3.41. The van der Waals surface area contributed by atoms with Gasteiger partial charge in [-0.25, -0.2) is 0 Å². The maximum atomic E-state index is 12.6. The van der Waals surface area contributed by atoms with E-state index in [4.69, 9.17) is 0 Å². The van der Waals surface area contributed by atoms with Crippen molar-refractivity contribution in [2.45, 2.75) is 32.6 Å². The molecule has 27 heavy (non-hydrogen) atoms. The van der Waals surface area contributed by atoms with Crippen molar-refractivity contribution in [2.24, 2.45) is 11.8 Å². The van der Waals surface area contributed by atoms with Crippen LogP contribution < -0.4 is 5.32 Å². The number of rotatable bonds is 6. The average molecular weight is 416 g/mol. The molecule has 0 aliphatic carbocycles. The van der Waals surface area contributed by atoms with Crippen LogP contribution in [-0.4, -0.2) is 61.5 Å². The van der Waals surface area contributed by atoms with Crippen LogP contribution in [0.5, 0.6) is 0 Å². The smallest absolute Gasteiger partial charge is 0.222 e. The molecule has 0 bridgehead atoms. The van der Waals surface area contributed by atoms with Gasteiger partial charge in [-0.05, 0) is 49.8 Å². The summed E-state index contributed by atoms with van der Waals surface area (Å²) in [6, 6.07) is 10.7. The minimum Gasteiger partial charge on any atom is -0.340 e. The zero-order valence-electron chi connectivity index (χ0n) is 16.4. The lowest BCUT2D eigenvalue weighted by Gasteiger charge is -2.36. The predicted octanol–water partition coefficient (Wildman–Crippen LogP) is 3.24. The summed E-state index contributed by atoms with van der Waals surface area (Å²) in [5.41, 5.74) is 1.40. The number of benzene rings is 1. The number of halogens is 2. The molecule has 1 aromatic carbocycles. The third-order valence-electron chi connectivity index (χ3n) is 5.97. The number of hydrogen-bond donors (Lipinski definition) is 1. The normalized spacial score (nSPS) is 19.7. The SMILES string of the molecule is CC(CC(=O)N1CCN(CCc2ccccc2)CC1)C1CCNCC1.Cl.Cl. The van der Waals surface area contributed by atoms with Crippen molar-refractivity contribution in [2.75, 3.05) is 45.8 Å². The van der Waals surface area contributed by atoms with Crippen LogP contribution in [-0.2, 0) is 11.2 Å². The predicted molar refractivity (Wildman–Crippen MR) is 117 cm³/mol. The monoisotopic (exact) mass is 415 g/mol. The van der Waals surface area contributed by atoms with Gasteiger partial charge in [-0.3, -0.25) is 9.69 Å². The summed E-state index contributed by atoms with van der Waals surface area (Å²) >= 11 is 0. The van der Waals surface area contributed by atoms with E-state index in [2.05, 4.69) is 52.4 Å². The Morgan fingerprint density at radius 2 is 1.70 bits per heavy atom. The van der Waals surface area contributed by atoms with Crippen LogP contribution in [0.1, 0.15) is 31.7 Å². The van der Waals surface area contributed by atoms with Gasteiger partial charge in [0.2, 0.25) is 5.91 Å². The Morgan fingerprint density at radius 1 is 1.07 bits per heavy atom. The van der Waals surface area contributed by atoms with E-state index in [0.717, 1.165) is 64.6 Å². The van der Waals surface area contributed by atoms with E-state index in [1.807, 2.05) is 0 Å². The molecule has 0 spiro atoms. The third-order valence-corrected chi connectivity index (χ3v) is 5.97. The van der Waals surface area contributed by atoms with Gasteiger partial charge in [-0.2, -0.15) is 0 Å². The first-order chi connectivity index (χ1) is 12.2. The highest BCUT2D eigenvalue weighted by molar-refractivity contribution is 5.85. The van der Waals surface area contributed by atoms with E-state index in [1.165, 1.54) is 18.4 Å². The molecule has 2 heterocycles. The second-order valence-electron chi connectivity index (χ2n) is 7.73. The molecule has 154 valence electrons. The minimum absolute atomic E-state index is 0. The fourth-order valence-corrected chi connectivity index (χ4v) is 4.14. The number of nitrogens with zero attached hydrogens (tertiary/aromatic N) is 2. The Kier molecular flexibility index (Phi) is 11.3. The molecule has 4 nitrogen and oxygen atoms in total. The van der Waals surface area contributed by atoms with Gasteiger partial charge in [-0.1, -0.05) is 37.3 Å². The molecule has 2 aliphatic rings. The maximum Gasteiger partial charge on any atom is 0.222 e. The fraction of sp³-hybridized carbons (Fsp3) is 0.667. The Morgan fingerprint density at radius 3 is 2.33 bits per heavy atom. The molecule has 1 amide bonds. The van der Waals surface area contributed by atoms with Gasteiger partial charge in [0.05, 0.1) is 0 Å². The van der Waals surface area contributed by atoms with Crippen molar-refractivity contribution in [3.63, 3.8) is 0 Å². The van der Waals surface area contributed by atoms with Gasteiger partial charge in [0.25, 0.3) is 0 Å². The Labute approximate surface area is 176 Å². The summed E-state index contributed by atoms with van der Waals surface area (Å²) in [5.74, 6) is 1.61. The summed E-state index contributed by atoms with van der Waals surface area (Å²) in [6.07, 6.45) is 4.28. The molecule has 0 radical (unpaired) electrons. The second kappa shape index (κ2) is 12.6. The van der Waals surface area contributed by atoms with Crippen LogP contribution in [0.25, 0.3) is 0 Å². The molecule has 1 atom stereocenters. The van der Waals surface area contributed by atoms with Gasteiger partial charge in [0.1, 0.15) is 0 Å². The van der Waals surface area contributed by atoms with Crippen molar-refractivity contribution >= 4 is 30.7 Å². The Balaban J connectivity index is 0.00000182. The molecule has 1 unspecified atom stereocenters. The van der Waals surface area contributed by atoms with E-state index in [0.29, 0.717) is 11.8 Å². The molecular weight excluding hydrogens is 381 g/mol. The van der Waals surface area contributed by atoms with Gasteiger partial charge in [0.15, 0.2) is 0 Å². The largest absolute Gasteiger partial charge is 0.340 e. The van der Waals surface area contributed by atoms with Gasteiger partial charge >= 0.3 is 0 Å². The molecule has 2 saturated heterocycles. The van der Waals surface area contributed by atoms with Crippen LogP contribution in [0.15, 0.2) is 30.3 Å². The highest BCUT2D eigenvalue weighted by Crippen LogP contribution is 2.25. The van der Waals surface area contributed by atoms with E-state index >= 15 is 0 Å². The quantitative estimate of drug-likeness (QED) is 0.774. The number of carbonyl (C=O) groups excluding carboxylic acids is 1. The number of nitrogens with one attached hydrogen (secondary N) is 1. The summed E-state index contributed by atoms with van der Waals surface area (Å²) in [6.45, 7) is 9.41. The molecule has 0 saturated carbocycles. The lowest BCUT2D eigenvalue weighted by molar-refractivity contribution is -0.134. The number of piperazine rings is 1. The molecule has 1 N–H and O–H groups in total. The van der Waals surface area contributed by atoms with Crippen LogP contribution in [0.2, 0.25) is 0 Å². The lowest BCUT2D eigenvalue weighted by atomic mass is 9.84. The van der Waals surface area contributed by atoms with Crippen LogP contribution >= 0.6 is 24.8 Å². The molecule has 6 heteroatoms. The van der Waals surface area contributed by atoms with Crippen molar-refractivity contribution in [3.8, 4) is 0 Å². The molecule has 3 rings (SSSR count). The summed E-state index contributed by atoms with van der Waals surface area (Å²) in [4.78, 5) is 17.2. The summed E-state index contributed by atoms with van der Waals surface area (Å²) in [7, 11) is 0. The first-order valence-corrected chi connectivity index (χ1v) is 9.97. The molecule has 2 fully saturated rings. The van der Waals surface area contributed by atoms with Crippen molar-refractivity contribution in [1.82, 2.24) is 15.1 Å². The lowest BCUT2D eigenvalue weighted by Crippen LogP contribution is -2.49. The van der Waals surface area contributed by atoms with Gasteiger partial charge in [-0.15, -0.1) is 24.8 Å². The zero-order valence-corrected chi connectivity index (χ0v) is 18.1. The molecular formula is C21H35Cl2N3O. The van der Waals surface area contributed by atoms with Gasteiger partial charge in [0, 0.05) is 39.1 Å². The van der Waals surface area contributed by atoms with Crippen molar-refractivity contribution < 1.29 is 4.79 Å². The third kappa shape index (κ3) is 7.61. The number of amides is 1. The standard InChI is InChI=1S/C21H33N3O.2ClH/c1-18(20-7-10-22-11-8-20)17-21(25)24-15-13-23(14-16-24)12-9-19-5-3-2-4-6-19;;/h2-6,18,20,22H,7-17H2,1H3;2*1H. The van der Waals surface area contributed by atoms with Crippen molar-refractivity contribution in [3.05, 3.63) is 35.9 Å². The minimum atomic E-state index is 0. The van der Waals surface area contributed by atoms with E-state index in [-0.39, 0.29) is 24.8 Å². The first kappa shape index (κ1) is 24.2. The molecule has 1 aromatic rings. The van der Waals surface area contributed by atoms with E-state index < -0.39 is 0 Å². The fourth-order valence-electron chi connectivity index (χ4n) is 4.14. The first-order valence-electron chi connectivity index (χ1n) is 9.97. The highest BCUT2D eigenvalue weighted by atomic mass is 35.5. The number of hydrogen-bond acceptors (Lipinski definition) is 3. The van der Waals surface area contributed by atoms with Crippen LogP contribution in [0.3, 0.4) is 0 Å². The van der Waals surface area contributed by atoms with Crippen LogP contribution in [0.4, 0.5) is 0 Å². The topological polar surface area (TPSA) is 35.6 Å². The van der Waals surface area contributed by atoms with Gasteiger partial charge < -0.3 is 10.2 Å². The highest BCUT2D eigenvalue weighted by Gasteiger charge is 2.26. The second-order valence-corrected chi connectivity index (χ2v) is 7.73. The zero-order chi connectivity index (χ0) is 17.5.